The van der Waals surface area contributed by atoms with E-state index in [9.17, 15) is 4.39 Å². The van der Waals surface area contributed by atoms with E-state index < -0.39 is 169 Å². The van der Waals surface area contributed by atoms with E-state index in [4.69, 9.17) is 64.4 Å². The van der Waals surface area contributed by atoms with Crippen molar-refractivity contribution in [2.24, 2.45) is 0 Å². The van der Waals surface area contributed by atoms with Gasteiger partial charge in [0.1, 0.15) is 5.82 Å². The molecular weight excluding hydrogens is 1090 g/mol. The summed E-state index contributed by atoms with van der Waals surface area (Å²) in [5, 5.41) is 0. The summed E-state index contributed by atoms with van der Waals surface area (Å²) in [6.45, 7) is -13.7. The van der Waals surface area contributed by atoms with Gasteiger partial charge in [-0.25, -0.2) is 4.39 Å². The summed E-state index contributed by atoms with van der Waals surface area (Å²) < 4.78 is 378. The lowest BCUT2D eigenvalue weighted by Gasteiger charge is -2.21. The summed E-state index contributed by atoms with van der Waals surface area (Å²) in [5.74, 6) is -4.90. The van der Waals surface area contributed by atoms with Crippen LogP contribution in [-0.4, -0.2) is 0 Å². The Hall–Kier alpha value is -9.43. The Kier molecular flexibility index (Phi) is 10.7. The van der Waals surface area contributed by atoms with Gasteiger partial charge in [0.15, 0.2) is 0 Å². The molecule has 0 radical (unpaired) electrons. The number of aryl methyl sites for hydroxylation is 4. The van der Waals surface area contributed by atoms with Gasteiger partial charge in [-0.05, 0) is 190 Å². The summed E-state index contributed by atoms with van der Waals surface area (Å²) in [6.07, 6.45) is 0. The molecule has 12 aromatic carbocycles. The second-order valence-corrected chi connectivity index (χ2v) is 20.0. The third-order valence-electron chi connectivity index (χ3n) is 13.3. The third-order valence-corrected chi connectivity index (χ3v) is 13.3. The van der Waals surface area contributed by atoms with Gasteiger partial charge in [0.2, 0.25) is 0 Å². The van der Waals surface area contributed by atoms with Gasteiger partial charge in [-0.1, -0.05) is 343 Å². The van der Waals surface area contributed by atoms with Crippen LogP contribution in [-0.2, 0) is 5.41 Å². The van der Waals surface area contributed by atoms with E-state index in [1.807, 2.05) is 49.4 Å². The number of benzene rings is 12. The molecule has 0 aliphatic heterocycles. The number of halogens is 1. The fourth-order valence-electron chi connectivity index (χ4n) is 8.55. The van der Waals surface area contributed by atoms with Gasteiger partial charge in [-0.3, -0.25) is 0 Å². The minimum absolute atomic E-state index is 0.00252. The fourth-order valence-corrected chi connectivity index (χ4v) is 8.55. The summed E-state index contributed by atoms with van der Waals surface area (Å²) >= 11 is 0. The Morgan fingerprint density at radius 2 is 0.722 bits per heavy atom. The summed E-state index contributed by atoms with van der Waals surface area (Å²) in [6, 6.07) is 34.1. The second-order valence-electron chi connectivity index (χ2n) is 20.0. The third kappa shape index (κ3) is 20.6. The van der Waals surface area contributed by atoms with Crippen LogP contribution in [0.5, 0.6) is 0 Å². The molecule has 0 aliphatic rings. The maximum atomic E-state index is 12.8. The molecule has 0 aliphatic carbocycles. The molecule has 12 rings (SSSR count). The molecule has 90 heavy (non-hydrogen) atoms. The quantitative estimate of drug-likeness (QED) is 0.142. The largest absolute Gasteiger partial charge is 0.207 e. The predicted octanol–water partition coefficient (Wildman–Crippen LogP) is 26.0. The highest BCUT2D eigenvalue weighted by atomic mass is 19.1. The van der Waals surface area contributed by atoms with Crippen molar-refractivity contribution in [3.8, 4) is 66.8 Å². The zero-order valence-electron chi connectivity index (χ0n) is 97.0. The molecule has 1 heteroatoms. The monoisotopic (exact) mass is 1230 g/mol. The van der Waals surface area contributed by atoms with Crippen LogP contribution >= 0.6 is 0 Å². The standard InChI is InChI=1S/C19H16.C19H24.C17H20.C14H14.C13H12.C7H7F/c1-15-12-13-18(16-8-4-2-5-9-16)14-19(15)17-10-6-3-7-11-17;1-13(2)18-11-17(16-9-7-6-8-10-16)12-19(14(3)4)15(18)5;1-13-10-11-15(17(2,3)4)12-16(13)14-8-6-5-7-9-14;1-11-8-9-12(2)14(10-11)13-6-4-3-5-7-13;1-11-7-9-13(10-8-11)12-5-3-2-4-6-12;1-6-2-4-7(8)5-3-6/h2-14H,1H3;6-14H,1-5H3;5-12H,1-4H3;3-10H,1-2H3;2-10H,1H3;2-5H,1H3/i2D,3D,4D,5D,6D,7D,8D,9D,10D,11D;1D3,2D3,3D3,4D3;2D3,3D3,4D3;1D3;2D,3D,4D,5D,6D,7D,8D,9D,10D;2D,3D,4D,5D. The smallest absolute Gasteiger partial charge is 0.123 e. The van der Waals surface area contributed by atoms with Crippen molar-refractivity contribution >= 4 is 0 Å². The first kappa shape index (κ1) is 28.6. The van der Waals surface area contributed by atoms with Crippen molar-refractivity contribution < 1.29 is 68.8 Å². The predicted molar refractivity (Wildman–Crippen MR) is 391 cm³/mol. The average molecular weight is 1230 g/mol. The van der Waals surface area contributed by atoms with Gasteiger partial charge in [0, 0.05) is 32.9 Å². The van der Waals surface area contributed by atoms with Crippen LogP contribution in [0.25, 0.3) is 66.8 Å². The minimum atomic E-state index is -3.26. The molecule has 0 saturated heterocycles. The van der Waals surface area contributed by atoms with E-state index >= 15 is 0 Å². The fraction of sp³-hybridized carbons (Fsp3) is 0.191. The van der Waals surface area contributed by atoms with Gasteiger partial charge in [0.05, 0.1) is 31.5 Å². The minimum Gasteiger partial charge on any atom is -0.207 e. The summed E-state index contributed by atoms with van der Waals surface area (Å²) in [7, 11) is 0. The van der Waals surface area contributed by atoms with E-state index in [1.165, 1.54) is 51.1 Å². The van der Waals surface area contributed by atoms with Crippen molar-refractivity contribution in [2.45, 2.75) is 114 Å². The lowest BCUT2D eigenvalue weighted by molar-refractivity contribution is 0.590. The Morgan fingerprint density at radius 3 is 1.19 bits per heavy atom. The molecule has 0 aromatic heterocycles. The van der Waals surface area contributed by atoms with Crippen LogP contribution in [0, 0.1) is 54.2 Å². The summed E-state index contributed by atoms with van der Waals surface area (Å²) in [5.41, 5.74) is 4.20. The second kappa shape index (κ2) is 33.8. The molecule has 0 unspecified atom stereocenters. The summed E-state index contributed by atoms with van der Waals surface area (Å²) in [4.78, 5) is 0. The van der Waals surface area contributed by atoms with E-state index in [0.717, 1.165) is 27.8 Å². The van der Waals surface area contributed by atoms with Crippen LogP contribution in [0.15, 0.2) is 297 Å². The van der Waals surface area contributed by atoms with Crippen molar-refractivity contribution in [2.75, 3.05) is 0 Å². The van der Waals surface area contributed by atoms with E-state index in [-0.39, 0.29) is 104 Å². The molecule has 0 N–H and O–H groups in total. The van der Waals surface area contributed by atoms with E-state index in [0.29, 0.717) is 38.9 Å². The Labute approximate surface area is 606 Å². The first-order valence-corrected chi connectivity index (χ1v) is 27.8. The van der Waals surface area contributed by atoms with Crippen LogP contribution in [0.2, 0.25) is 0 Å². The van der Waals surface area contributed by atoms with Crippen molar-refractivity contribution in [3.63, 3.8) is 0 Å². The van der Waals surface area contributed by atoms with Gasteiger partial charge in [0.25, 0.3) is 0 Å². The van der Waals surface area contributed by atoms with Crippen molar-refractivity contribution in [1.29, 1.82) is 0 Å². The normalized spacial score (nSPS) is 19.2. The maximum absolute atomic E-state index is 12.8. The van der Waals surface area contributed by atoms with Crippen LogP contribution in [0.3, 0.4) is 0 Å². The molecule has 0 nitrogen and oxygen atoms in total. The zero-order valence-corrected chi connectivity index (χ0v) is 50.0. The average Bonchev–Trinajstić information content (AvgIpc) is 0.702. The topological polar surface area (TPSA) is 0 Å². The number of rotatable bonds is 8. The lowest BCUT2D eigenvalue weighted by Crippen LogP contribution is -2.11. The molecule has 0 saturated carbocycles. The molecular formula is C89H93F. The number of hydrogen-bond acceptors (Lipinski definition) is 0. The maximum Gasteiger partial charge on any atom is 0.123 e. The van der Waals surface area contributed by atoms with Crippen molar-refractivity contribution in [1.82, 2.24) is 0 Å². The van der Waals surface area contributed by atoms with E-state index in [1.54, 1.807) is 98.8 Å². The van der Waals surface area contributed by atoms with Gasteiger partial charge in [-0.2, -0.15) is 0 Å². The Morgan fingerprint density at radius 1 is 0.322 bits per heavy atom. The van der Waals surface area contributed by atoms with Crippen LogP contribution < -0.4 is 0 Å². The Bertz CT molecular complexity index is 6030. The first-order chi connectivity index (χ1) is 62.6. The molecule has 0 heterocycles. The molecule has 0 bridgehead atoms. The molecule has 0 spiro atoms. The SMILES string of the molecule is [2H]C([2H])([2H])C(c1cc(-c2ccccc2)cc(C(C([2H])([2H])[2H])C([2H])([2H])[2H])c1C)C([2H])([2H])[2H].[2H]C([2H])([2H])C(c1ccc(C)c(-c2ccccc2)c1)(C([2H])([2H])[2H])C([2H])([2H])[2H].[2H]C([2H])([2H])c1ccc(C)c(-c2ccccc2)c1.[2H]c1c([2H])c(F)c([2H])c([2H])c1C.[2H]c1c([2H])c([2H])c(-c2c([2H])c([2H])c(C)c([2H])c2[2H])c([2H])c1[2H].[2H]c1c([2H])c([2H])c(-c2ccc(C)c(-c3c([2H])c([2H])c([2H])c([2H])c3[2H])c2)c([2H])c1[2H]. The molecule has 0 fully saturated rings. The van der Waals surface area contributed by atoms with Crippen LogP contribution in [0.1, 0.15) is 180 Å². The lowest BCUT2D eigenvalue weighted by atomic mass is 9.84. The highest BCUT2D eigenvalue weighted by Crippen LogP contribution is 2.35. The molecule has 0 amide bonds. The molecule has 12 aromatic rings. The first-order valence-electron chi connectivity index (χ1n) is 51.3. The zero-order chi connectivity index (χ0) is 105. The Balaban J connectivity index is 0.000000228. The van der Waals surface area contributed by atoms with Gasteiger partial charge >= 0.3 is 0 Å². The molecule has 0 atom stereocenters. The van der Waals surface area contributed by atoms with Gasteiger partial charge < -0.3 is 0 Å². The van der Waals surface area contributed by atoms with Gasteiger partial charge in [-0.15, -0.1) is 0 Å². The van der Waals surface area contributed by atoms with Crippen molar-refractivity contribution in [3.05, 3.63) is 358 Å². The highest BCUT2D eigenvalue weighted by molar-refractivity contribution is 5.76. The number of hydrogen-bond donors (Lipinski definition) is 0. The van der Waals surface area contributed by atoms with E-state index in [2.05, 4.69) is 0 Å². The molecule has 456 valence electrons. The van der Waals surface area contributed by atoms with Crippen LogP contribution in [0.4, 0.5) is 4.39 Å². The highest BCUT2D eigenvalue weighted by Gasteiger charge is 2.16.